The summed E-state index contributed by atoms with van der Waals surface area (Å²) in [6.07, 6.45) is 6.91. The number of rotatable bonds is 1. The first kappa shape index (κ1) is 12.0. The predicted molar refractivity (Wildman–Crippen MR) is 77.1 cm³/mol. The van der Waals surface area contributed by atoms with Gasteiger partial charge in [0.15, 0.2) is 0 Å². The zero-order chi connectivity index (χ0) is 12.4. The minimum atomic E-state index is 0.389. The maximum Gasteiger partial charge on any atom is 0.0387 e. The number of benzene rings is 1. The second kappa shape index (κ2) is 4.93. The molecule has 2 heteroatoms. The SMILES string of the molecule is CC1CNC2(CCCCC2)CN1c1ccccc1. The largest absolute Gasteiger partial charge is 0.366 e. The van der Waals surface area contributed by atoms with Crippen molar-refractivity contribution in [3.8, 4) is 0 Å². The highest BCUT2D eigenvalue weighted by molar-refractivity contribution is 5.48. The summed E-state index contributed by atoms with van der Waals surface area (Å²) >= 11 is 0. The lowest BCUT2D eigenvalue weighted by Gasteiger charge is -2.50. The van der Waals surface area contributed by atoms with E-state index < -0.39 is 0 Å². The van der Waals surface area contributed by atoms with Crippen LogP contribution in [0.4, 0.5) is 5.69 Å². The maximum absolute atomic E-state index is 3.84. The van der Waals surface area contributed by atoms with Gasteiger partial charge >= 0.3 is 0 Å². The fourth-order valence-electron chi connectivity index (χ4n) is 3.54. The Morgan fingerprint density at radius 3 is 2.56 bits per heavy atom. The van der Waals surface area contributed by atoms with Crippen molar-refractivity contribution >= 4 is 5.69 Å². The molecule has 1 atom stereocenters. The highest BCUT2D eigenvalue weighted by Gasteiger charge is 2.38. The second-order valence-electron chi connectivity index (χ2n) is 6.03. The molecule has 0 amide bonds. The highest BCUT2D eigenvalue weighted by atomic mass is 15.3. The van der Waals surface area contributed by atoms with Crippen molar-refractivity contribution < 1.29 is 0 Å². The molecule has 2 fully saturated rings. The molecule has 18 heavy (non-hydrogen) atoms. The van der Waals surface area contributed by atoms with Gasteiger partial charge in [0.2, 0.25) is 0 Å². The third-order valence-corrected chi connectivity index (χ3v) is 4.68. The molecular formula is C16H24N2. The normalized spacial score (nSPS) is 27.4. The molecule has 1 saturated carbocycles. The molecule has 1 spiro atoms. The summed E-state index contributed by atoms with van der Waals surface area (Å²) in [5, 5.41) is 3.84. The highest BCUT2D eigenvalue weighted by Crippen LogP contribution is 2.33. The lowest BCUT2D eigenvalue weighted by atomic mass is 9.79. The molecule has 1 N–H and O–H groups in total. The minimum absolute atomic E-state index is 0.389. The van der Waals surface area contributed by atoms with E-state index in [2.05, 4.69) is 47.5 Å². The minimum Gasteiger partial charge on any atom is -0.366 e. The van der Waals surface area contributed by atoms with Gasteiger partial charge in [-0.25, -0.2) is 0 Å². The molecule has 2 nitrogen and oxygen atoms in total. The topological polar surface area (TPSA) is 15.3 Å². The van der Waals surface area contributed by atoms with Gasteiger partial charge in [-0.15, -0.1) is 0 Å². The van der Waals surface area contributed by atoms with Crippen LogP contribution in [0, 0.1) is 0 Å². The Morgan fingerprint density at radius 2 is 1.83 bits per heavy atom. The Hall–Kier alpha value is -1.02. The van der Waals surface area contributed by atoms with E-state index in [1.54, 1.807) is 0 Å². The maximum atomic E-state index is 3.84. The van der Waals surface area contributed by atoms with Crippen molar-refractivity contribution in [2.45, 2.75) is 50.6 Å². The molecule has 0 radical (unpaired) electrons. The quantitative estimate of drug-likeness (QED) is 0.816. The van der Waals surface area contributed by atoms with Gasteiger partial charge in [-0.2, -0.15) is 0 Å². The molecule has 1 aliphatic carbocycles. The van der Waals surface area contributed by atoms with Crippen LogP contribution in [0.1, 0.15) is 39.0 Å². The van der Waals surface area contributed by atoms with Gasteiger partial charge < -0.3 is 10.2 Å². The molecule has 1 aromatic rings. The van der Waals surface area contributed by atoms with Crippen molar-refractivity contribution in [2.24, 2.45) is 0 Å². The summed E-state index contributed by atoms with van der Waals surface area (Å²) in [5.41, 5.74) is 1.78. The summed E-state index contributed by atoms with van der Waals surface area (Å²) in [6, 6.07) is 11.5. The van der Waals surface area contributed by atoms with Crippen molar-refractivity contribution in [1.82, 2.24) is 5.32 Å². The van der Waals surface area contributed by atoms with Gasteiger partial charge in [0.05, 0.1) is 0 Å². The van der Waals surface area contributed by atoms with Crippen LogP contribution in [0.25, 0.3) is 0 Å². The average Bonchev–Trinajstić information content (AvgIpc) is 2.44. The molecule has 2 aliphatic rings. The molecular weight excluding hydrogens is 220 g/mol. The average molecular weight is 244 g/mol. The van der Waals surface area contributed by atoms with Crippen LogP contribution in [0.2, 0.25) is 0 Å². The van der Waals surface area contributed by atoms with Crippen LogP contribution in [-0.2, 0) is 0 Å². The third-order valence-electron chi connectivity index (χ3n) is 4.68. The van der Waals surface area contributed by atoms with Crippen LogP contribution in [0.15, 0.2) is 30.3 Å². The van der Waals surface area contributed by atoms with Crippen LogP contribution in [0.3, 0.4) is 0 Å². The van der Waals surface area contributed by atoms with Gasteiger partial charge in [0, 0.05) is 30.4 Å². The molecule has 1 unspecified atom stereocenters. The Labute approximate surface area is 110 Å². The van der Waals surface area contributed by atoms with Gasteiger partial charge in [0.1, 0.15) is 0 Å². The number of hydrogen-bond donors (Lipinski definition) is 1. The summed E-state index contributed by atoms with van der Waals surface area (Å²) in [5.74, 6) is 0. The van der Waals surface area contributed by atoms with Gasteiger partial charge in [-0.05, 0) is 31.9 Å². The number of para-hydroxylation sites is 1. The van der Waals surface area contributed by atoms with Crippen LogP contribution < -0.4 is 10.2 Å². The first-order valence-electron chi connectivity index (χ1n) is 7.36. The van der Waals surface area contributed by atoms with E-state index in [9.17, 15) is 0 Å². The van der Waals surface area contributed by atoms with E-state index in [0.29, 0.717) is 11.6 Å². The van der Waals surface area contributed by atoms with Crippen LogP contribution in [-0.4, -0.2) is 24.7 Å². The van der Waals surface area contributed by atoms with Crippen molar-refractivity contribution in [2.75, 3.05) is 18.0 Å². The van der Waals surface area contributed by atoms with E-state index >= 15 is 0 Å². The molecule has 0 bridgehead atoms. The number of anilines is 1. The van der Waals surface area contributed by atoms with Gasteiger partial charge in [-0.1, -0.05) is 37.5 Å². The number of piperazine rings is 1. The van der Waals surface area contributed by atoms with E-state index in [1.165, 1.54) is 44.3 Å². The van der Waals surface area contributed by atoms with Crippen molar-refractivity contribution in [3.63, 3.8) is 0 Å². The Balaban J connectivity index is 1.80. The van der Waals surface area contributed by atoms with E-state index in [-0.39, 0.29) is 0 Å². The lowest BCUT2D eigenvalue weighted by Crippen LogP contribution is -2.64. The third kappa shape index (κ3) is 2.26. The zero-order valence-corrected chi connectivity index (χ0v) is 11.4. The number of hydrogen-bond acceptors (Lipinski definition) is 2. The van der Waals surface area contributed by atoms with Crippen molar-refractivity contribution in [3.05, 3.63) is 30.3 Å². The Bertz CT molecular complexity index is 381. The standard InChI is InChI=1S/C16H24N2/c1-14-12-17-16(10-6-3-7-11-16)13-18(14)15-8-4-2-5-9-15/h2,4-5,8-9,14,17H,3,6-7,10-13H2,1H3. The zero-order valence-electron chi connectivity index (χ0n) is 11.4. The number of nitrogens with zero attached hydrogens (tertiary/aromatic N) is 1. The lowest BCUT2D eigenvalue weighted by molar-refractivity contribution is 0.200. The first-order valence-corrected chi connectivity index (χ1v) is 7.36. The molecule has 3 rings (SSSR count). The van der Waals surface area contributed by atoms with Crippen molar-refractivity contribution in [1.29, 1.82) is 0 Å². The Kier molecular flexibility index (Phi) is 3.29. The van der Waals surface area contributed by atoms with Gasteiger partial charge in [-0.3, -0.25) is 0 Å². The summed E-state index contributed by atoms with van der Waals surface area (Å²) < 4.78 is 0. The van der Waals surface area contributed by atoms with Gasteiger partial charge in [0.25, 0.3) is 0 Å². The monoisotopic (exact) mass is 244 g/mol. The summed E-state index contributed by atoms with van der Waals surface area (Å²) in [7, 11) is 0. The van der Waals surface area contributed by atoms with Crippen LogP contribution in [0.5, 0.6) is 0 Å². The molecule has 98 valence electrons. The molecule has 1 aliphatic heterocycles. The fraction of sp³-hybridized carbons (Fsp3) is 0.625. The molecule has 1 heterocycles. The predicted octanol–water partition coefficient (Wildman–Crippen LogP) is 3.19. The van der Waals surface area contributed by atoms with E-state index in [1.807, 2.05) is 0 Å². The molecule has 0 aromatic heterocycles. The Morgan fingerprint density at radius 1 is 1.11 bits per heavy atom. The number of nitrogens with one attached hydrogen (secondary N) is 1. The van der Waals surface area contributed by atoms with E-state index in [4.69, 9.17) is 0 Å². The molecule has 1 saturated heterocycles. The fourth-order valence-corrected chi connectivity index (χ4v) is 3.54. The van der Waals surface area contributed by atoms with E-state index in [0.717, 1.165) is 6.54 Å². The summed E-state index contributed by atoms with van der Waals surface area (Å²) in [6.45, 7) is 4.63. The summed E-state index contributed by atoms with van der Waals surface area (Å²) in [4.78, 5) is 2.60. The second-order valence-corrected chi connectivity index (χ2v) is 6.03. The first-order chi connectivity index (χ1) is 8.79. The smallest absolute Gasteiger partial charge is 0.0387 e. The molecule has 1 aromatic carbocycles. The van der Waals surface area contributed by atoms with Crippen LogP contribution >= 0.6 is 0 Å².